The molecule has 6 nitrogen and oxygen atoms in total. The summed E-state index contributed by atoms with van der Waals surface area (Å²) in [6.07, 6.45) is 7.87. The van der Waals surface area contributed by atoms with E-state index >= 15 is 0 Å². The number of hydrogen-bond acceptors (Lipinski definition) is 4. The molecule has 0 saturated carbocycles. The molecule has 1 aliphatic rings. The van der Waals surface area contributed by atoms with Crippen molar-refractivity contribution in [2.75, 3.05) is 25.0 Å². The highest BCUT2D eigenvalue weighted by Gasteiger charge is 2.18. The van der Waals surface area contributed by atoms with E-state index in [4.69, 9.17) is 4.74 Å². The Bertz CT molecular complexity index is 727. The van der Waals surface area contributed by atoms with E-state index in [1.54, 1.807) is 36.1 Å². The molecule has 1 aliphatic carbocycles. The molecule has 0 aromatic heterocycles. The summed E-state index contributed by atoms with van der Waals surface area (Å²) in [7, 11) is 0. The number of carbonyl (C=O) groups is 3. The Morgan fingerprint density at radius 1 is 1.18 bits per heavy atom. The first-order chi connectivity index (χ1) is 13.5. The summed E-state index contributed by atoms with van der Waals surface area (Å²) in [4.78, 5) is 37.8. The second kappa shape index (κ2) is 11.3. The number of carbonyl (C=O) groups excluding carboxylic acids is 3. The van der Waals surface area contributed by atoms with Crippen molar-refractivity contribution in [3.63, 3.8) is 0 Å². The molecule has 2 rings (SSSR count). The summed E-state index contributed by atoms with van der Waals surface area (Å²) < 4.78 is 5.00. The fourth-order valence-electron chi connectivity index (χ4n) is 3.30. The third-order valence-electron chi connectivity index (χ3n) is 4.70. The van der Waals surface area contributed by atoms with Gasteiger partial charge >= 0.3 is 5.97 Å². The molecule has 152 valence electrons. The molecule has 0 bridgehead atoms. The average molecular weight is 386 g/mol. The van der Waals surface area contributed by atoms with Gasteiger partial charge in [-0.1, -0.05) is 17.7 Å². The van der Waals surface area contributed by atoms with E-state index in [1.807, 2.05) is 0 Å². The Morgan fingerprint density at radius 3 is 2.68 bits per heavy atom. The number of nitrogens with zero attached hydrogens (tertiary/aromatic N) is 1. The Kier molecular flexibility index (Phi) is 8.72. The van der Waals surface area contributed by atoms with E-state index in [0.29, 0.717) is 30.9 Å². The predicted octanol–water partition coefficient (Wildman–Crippen LogP) is 3.93. The van der Waals surface area contributed by atoms with Gasteiger partial charge in [-0.15, -0.1) is 0 Å². The summed E-state index contributed by atoms with van der Waals surface area (Å²) in [6.45, 7) is 4.41. The second-order valence-corrected chi connectivity index (χ2v) is 6.97. The van der Waals surface area contributed by atoms with Gasteiger partial charge in [-0.2, -0.15) is 0 Å². The van der Waals surface area contributed by atoms with Crippen LogP contribution in [0.4, 0.5) is 5.69 Å². The van der Waals surface area contributed by atoms with Gasteiger partial charge in [-0.25, -0.2) is 0 Å². The topological polar surface area (TPSA) is 75.7 Å². The molecule has 1 aromatic rings. The lowest BCUT2D eigenvalue weighted by Crippen LogP contribution is -2.34. The van der Waals surface area contributed by atoms with Gasteiger partial charge < -0.3 is 15.0 Å². The van der Waals surface area contributed by atoms with E-state index in [9.17, 15) is 14.4 Å². The molecule has 0 atom stereocenters. The molecule has 0 spiro atoms. The number of rotatable bonds is 9. The SMILES string of the molecule is CCOC(=O)CCN(CCC1=CCCCC1)C(=O)c1cccc(NC(C)=O)c1. The van der Waals surface area contributed by atoms with Crippen LogP contribution in [0, 0.1) is 0 Å². The van der Waals surface area contributed by atoms with E-state index in [1.165, 1.54) is 25.3 Å². The highest BCUT2D eigenvalue weighted by Crippen LogP contribution is 2.21. The lowest BCUT2D eigenvalue weighted by molar-refractivity contribution is -0.143. The number of ether oxygens (including phenoxy) is 1. The molecule has 0 aliphatic heterocycles. The zero-order chi connectivity index (χ0) is 20.4. The number of benzene rings is 1. The Balaban J connectivity index is 2.09. The van der Waals surface area contributed by atoms with Crippen LogP contribution in [0.5, 0.6) is 0 Å². The molecule has 1 aromatic carbocycles. The number of hydrogen-bond donors (Lipinski definition) is 1. The Labute approximate surface area is 166 Å². The maximum atomic E-state index is 13.1. The molecule has 1 N–H and O–H groups in total. The summed E-state index contributed by atoms with van der Waals surface area (Å²) in [5.74, 6) is -0.634. The maximum absolute atomic E-state index is 13.1. The number of amides is 2. The van der Waals surface area contributed by atoms with Crippen LogP contribution in [-0.4, -0.2) is 42.4 Å². The van der Waals surface area contributed by atoms with E-state index in [-0.39, 0.29) is 24.2 Å². The first-order valence-corrected chi connectivity index (χ1v) is 10.00. The quantitative estimate of drug-likeness (QED) is 0.515. The minimum Gasteiger partial charge on any atom is -0.466 e. The lowest BCUT2D eigenvalue weighted by Gasteiger charge is -2.24. The molecule has 28 heavy (non-hydrogen) atoms. The molecule has 0 saturated heterocycles. The number of allylic oxidation sites excluding steroid dienone is 1. The standard InChI is InChI=1S/C22H30N2O4/c1-3-28-21(26)13-15-24(14-12-18-8-5-4-6-9-18)22(27)19-10-7-11-20(16-19)23-17(2)25/h7-8,10-11,16H,3-6,9,12-15H2,1-2H3,(H,23,25). The van der Waals surface area contributed by atoms with Gasteiger partial charge in [0.25, 0.3) is 5.91 Å². The van der Waals surface area contributed by atoms with Crippen molar-refractivity contribution >= 4 is 23.5 Å². The fourth-order valence-corrected chi connectivity index (χ4v) is 3.30. The van der Waals surface area contributed by atoms with Crippen molar-refractivity contribution in [3.8, 4) is 0 Å². The van der Waals surface area contributed by atoms with Crippen LogP contribution in [0.2, 0.25) is 0 Å². The van der Waals surface area contributed by atoms with Gasteiger partial charge in [0.2, 0.25) is 5.91 Å². The average Bonchev–Trinajstić information content (AvgIpc) is 2.68. The largest absolute Gasteiger partial charge is 0.466 e. The van der Waals surface area contributed by atoms with Crippen LogP contribution in [0.25, 0.3) is 0 Å². The molecule has 6 heteroatoms. The van der Waals surface area contributed by atoms with Gasteiger partial charge in [0.1, 0.15) is 0 Å². The number of nitrogens with one attached hydrogen (secondary N) is 1. The van der Waals surface area contributed by atoms with Crippen molar-refractivity contribution in [2.45, 2.75) is 52.4 Å². The summed E-state index contributed by atoms with van der Waals surface area (Å²) >= 11 is 0. The minimum atomic E-state index is -0.302. The summed E-state index contributed by atoms with van der Waals surface area (Å²) in [5, 5.41) is 2.70. The first-order valence-electron chi connectivity index (χ1n) is 10.00. The van der Waals surface area contributed by atoms with Crippen molar-refractivity contribution in [1.82, 2.24) is 4.90 Å². The third kappa shape index (κ3) is 7.18. The van der Waals surface area contributed by atoms with Gasteiger partial charge in [-0.3, -0.25) is 14.4 Å². The lowest BCUT2D eigenvalue weighted by atomic mass is 9.97. The van der Waals surface area contributed by atoms with E-state index in [0.717, 1.165) is 19.3 Å². The van der Waals surface area contributed by atoms with Crippen LogP contribution in [0.3, 0.4) is 0 Å². The molecular weight excluding hydrogens is 356 g/mol. The van der Waals surface area contributed by atoms with Crippen LogP contribution in [0.1, 0.15) is 62.7 Å². The molecule has 0 unspecified atom stereocenters. The van der Waals surface area contributed by atoms with Gasteiger partial charge in [0.15, 0.2) is 0 Å². The van der Waals surface area contributed by atoms with E-state index in [2.05, 4.69) is 11.4 Å². The second-order valence-electron chi connectivity index (χ2n) is 6.97. The normalized spacial score (nSPS) is 13.4. The van der Waals surface area contributed by atoms with Gasteiger partial charge in [-0.05, 0) is 57.2 Å². The Hall–Kier alpha value is -2.63. The van der Waals surface area contributed by atoms with Gasteiger partial charge in [0, 0.05) is 31.3 Å². The van der Waals surface area contributed by atoms with Crippen molar-refractivity contribution < 1.29 is 19.1 Å². The maximum Gasteiger partial charge on any atom is 0.307 e. The molecular formula is C22H30N2O4. The van der Waals surface area contributed by atoms with E-state index < -0.39 is 0 Å². The van der Waals surface area contributed by atoms with Crippen molar-refractivity contribution in [3.05, 3.63) is 41.5 Å². The summed E-state index contributed by atoms with van der Waals surface area (Å²) in [5.41, 5.74) is 2.46. The highest BCUT2D eigenvalue weighted by atomic mass is 16.5. The predicted molar refractivity (Wildman–Crippen MR) is 109 cm³/mol. The van der Waals surface area contributed by atoms with Crippen molar-refractivity contribution in [2.24, 2.45) is 0 Å². The number of esters is 1. The molecule has 0 heterocycles. The molecule has 0 radical (unpaired) electrons. The molecule has 2 amide bonds. The third-order valence-corrected chi connectivity index (χ3v) is 4.70. The zero-order valence-electron chi connectivity index (χ0n) is 16.8. The highest BCUT2D eigenvalue weighted by molar-refractivity contribution is 5.97. The molecule has 0 fully saturated rings. The fraction of sp³-hybridized carbons (Fsp3) is 0.500. The van der Waals surface area contributed by atoms with Crippen LogP contribution < -0.4 is 5.32 Å². The Morgan fingerprint density at radius 2 is 2.00 bits per heavy atom. The van der Waals surface area contributed by atoms with Crippen LogP contribution in [-0.2, 0) is 14.3 Å². The summed E-state index contributed by atoms with van der Waals surface area (Å²) in [6, 6.07) is 6.88. The number of anilines is 1. The first kappa shape index (κ1) is 21.7. The smallest absolute Gasteiger partial charge is 0.307 e. The van der Waals surface area contributed by atoms with Crippen LogP contribution >= 0.6 is 0 Å². The minimum absolute atomic E-state index is 0.145. The zero-order valence-corrected chi connectivity index (χ0v) is 16.8. The van der Waals surface area contributed by atoms with Crippen LogP contribution in [0.15, 0.2) is 35.9 Å². The van der Waals surface area contributed by atoms with Crippen molar-refractivity contribution in [1.29, 1.82) is 0 Å². The monoisotopic (exact) mass is 386 g/mol. The van der Waals surface area contributed by atoms with Gasteiger partial charge in [0.05, 0.1) is 13.0 Å².